The van der Waals surface area contributed by atoms with E-state index < -0.39 is 34.3 Å². The molecule has 0 bridgehead atoms. The molecule has 0 saturated carbocycles. The molecule has 0 atom stereocenters. The zero-order valence-corrected chi connectivity index (χ0v) is 27.2. The highest BCUT2D eigenvalue weighted by Gasteiger charge is 2.49. The second-order valence-corrected chi connectivity index (χ2v) is 12.7. The Labute approximate surface area is 269 Å². The number of Topliss-reactive ketones (excluding diaryl/α,β-unsaturated/α-hetero) is 1. The zero-order valence-electron chi connectivity index (χ0n) is 27.2. The molecule has 3 aliphatic rings. The molecule has 2 aliphatic heterocycles. The van der Waals surface area contributed by atoms with Gasteiger partial charge in [0.2, 0.25) is 11.5 Å². The molecule has 12 heteroatoms. The molecule has 2 aromatic rings. The number of methoxy groups -OCH3 is 3. The maximum atomic E-state index is 13.8. The number of fused-ring (bicyclic) bond motifs is 2. The summed E-state index contributed by atoms with van der Waals surface area (Å²) < 4.78 is 100. The number of carbonyl (C=O) groups excluding carboxylic acids is 1. The minimum atomic E-state index is -4.53. The van der Waals surface area contributed by atoms with E-state index >= 15 is 0 Å². The van der Waals surface area contributed by atoms with Crippen LogP contribution >= 0.6 is 0 Å². The lowest BCUT2D eigenvalue weighted by molar-refractivity contribution is -0.441. The van der Waals surface area contributed by atoms with E-state index in [0.29, 0.717) is 47.0 Å². The van der Waals surface area contributed by atoms with Gasteiger partial charge in [0.05, 0.1) is 41.4 Å². The van der Waals surface area contributed by atoms with Gasteiger partial charge in [-0.25, -0.2) is 0 Å². The number of rotatable bonds is 9. The SMILES string of the molecule is COCCN1/C(=C\C2=C(OC)C(=C\C3=[N+](CCOC)c4ccc(C(F)(F)F)cc4C3(C)C)/C2=O)C(C)(C)c2cc(C(F)(F)F)ccc21. The molecule has 0 N–H and O–H groups in total. The highest BCUT2D eigenvalue weighted by molar-refractivity contribution is 6.24. The van der Waals surface area contributed by atoms with Gasteiger partial charge in [-0.3, -0.25) is 4.79 Å². The molecule has 2 aromatic carbocycles. The number of hydrogen-bond donors (Lipinski definition) is 0. The summed E-state index contributed by atoms with van der Waals surface area (Å²) in [6, 6.07) is 7.24. The summed E-state index contributed by atoms with van der Waals surface area (Å²) in [6.07, 6.45) is -5.75. The lowest BCUT2D eigenvalue weighted by Gasteiger charge is -2.30. The molecule has 2 heterocycles. The van der Waals surface area contributed by atoms with Crippen LogP contribution in [-0.4, -0.2) is 63.7 Å². The van der Waals surface area contributed by atoms with Gasteiger partial charge in [-0.1, -0.05) is 13.8 Å². The first kappa shape index (κ1) is 34.4. The van der Waals surface area contributed by atoms with Gasteiger partial charge in [-0.2, -0.15) is 30.9 Å². The Morgan fingerprint density at radius 3 is 1.98 bits per heavy atom. The second-order valence-electron chi connectivity index (χ2n) is 12.7. The number of alkyl halides is 6. The fraction of sp³-hybridized carbons (Fsp3) is 0.429. The summed E-state index contributed by atoms with van der Waals surface area (Å²) in [5.74, 6) is -0.0791. The van der Waals surface area contributed by atoms with Crippen LogP contribution in [0.1, 0.15) is 49.9 Å². The van der Waals surface area contributed by atoms with Crippen molar-refractivity contribution in [1.82, 2.24) is 0 Å². The molecule has 47 heavy (non-hydrogen) atoms. The number of hydrogen-bond acceptors (Lipinski definition) is 5. The predicted molar refractivity (Wildman–Crippen MR) is 165 cm³/mol. The van der Waals surface area contributed by atoms with Crippen molar-refractivity contribution in [3.63, 3.8) is 0 Å². The Balaban J connectivity index is 1.62. The van der Waals surface area contributed by atoms with Crippen LogP contribution in [-0.2, 0) is 42.2 Å². The Kier molecular flexibility index (Phi) is 8.77. The third-order valence-electron chi connectivity index (χ3n) is 9.22. The van der Waals surface area contributed by atoms with Gasteiger partial charge in [0.15, 0.2) is 12.3 Å². The van der Waals surface area contributed by atoms with Gasteiger partial charge >= 0.3 is 12.4 Å². The molecular formula is C35H37F6N2O4+. The summed E-state index contributed by atoms with van der Waals surface area (Å²) in [7, 11) is 4.46. The molecule has 1 aliphatic carbocycles. The maximum absolute atomic E-state index is 13.8. The van der Waals surface area contributed by atoms with Crippen molar-refractivity contribution >= 4 is 22.9 Å². The van der Waals surface area contributed by atoms with Gasteiger partial charge in [0, 0.05) is 55.3 Å². The van der Waals surface area contributed by atoms with Gasteiger partial charge in [-0.15, -0.1) is 0 Å². The van der Waals surface area contributed by atoms with Gasteiger partial charge < -0.3 is 19.1 Å². The summed E-state index contributed by atoms with van der Waals surface area (Å²) in [6.45, 7) is 8.42. The van der Waals surface area contributed by atoms with E-state index in [0.717, 1.165) is 24.3 Å². The third kappa shape index (κ3) is 5.79. The van der Waals surface area contributed by atoms with E-state index in [-0.39, 0.29) is 35.9 Å². The second kappa shape index (κ2) is 12.0. The Hall–Kier alpha value is -3.90. The number of anilines is 1. The van der Waals surface area contributed by atoms with Crippen LogP contribution in [0.15, 0.2) is 71.2 Å². The number of allylic oxidation sites excluding steroid dienone is 5. The highest BCUT2D eigenvalue weighted by Crippen LogP contribution is 2.51. The molecule has 5 rings (SSSR count). The highest BCUT2D eigenvalue weighted by atomic mass is 19.4. The minimum absolute atomic E-state index is 0.241. The van der Waals surface area contributed by atoms with Crippen molar-refractivity contribution in [1.29, 1.82) is 0 Å². The smallest absolute Gasteiger partial charge is 0.416 e. The van der Waals surface area contributed by atoms with Crippen molar-refractivity contribution in [2.45, 2.75) is 50.9 Å². The third-order valence-corrected chi connectivity index (χ3v) is 9.22. The molecular weight excluding hydrogens is 626 g/mol. The normalized spacial score (nSPS) is 20.4. The monoisotopic (exact) mass is 663 g/mol. The molecule has 0 fully saturated rings. The van der Waals surface area contributed by atoms with Crippen molar-refractivity contribution in [2.24, 2.45) is 0 Å². The quantitative estimate of drug-likeness (QED) is 0.158. The summed E-state index contributed by atoms with van der Waals surface area (Å²) >= 11 is 0. The fourth-order valence-electron chi connectivity index (χ4n) is 6.66. The number of halogens is 6. The van der Waals surface area contributed by atoms with E-state index in [1.165, 1.54) is 33.5 Å². The van der Waals surface area contributed by atoms with Crippen LogP contribution in [0.4, 0.5) is 37.7 Å². The van der Waals surface area contributed by atoms with Crippen molar-refractivity contribution in [3.05, 3.63) is 93.4 Å². The van der Waals surface area contributed by atoms with Crippen LogP contribution in [0.3, 0.4) is 0 Å². The van der Waals surface area contributed by atoms with Crippen molar-refractivity contribution in [2.75, 3.05) is 52.5 Å². The van der Waals surface area contributed by atoms with E-state index in [1.807, 2.05) is 9.48 Å². The molecule has 0 unspecified atom stereocenters. The molecule has 0 saturated heterocycles. The average Bonchev–Trinajstić information content (AvgIpc) is 3.34. The van der Waals surface area contributed by atoms with Crippen LogP contribution in [0, 0.1) is 0 Å². The molecule has 0 amide bonds. The first-order valence-electron chi connectivity index (χ1n) is 15.0. The van der Waals surface area contributed by atoms with Crippen LogP contribution in [0.2, 0.25) is 0 Å². The average molecular weight is 664 g/mol. The molecule has 0 radical (unpaired) electrons. The maximum Gasteiger partial charge on any atom is 0.416 e. The number of benzene rings is 2. The van der Waals surface area contributed by atoms with Crippen LogP contribution in [0.25, 0.3) is 0 Å². The van der Waals surface area contributed by atoms with Gasteiger partial charge in [0.25, 0.3) is 0 Å². The van der Waals surface area contributed by atoms with Crippen LogP contribution < -0.4 is 4.90 Å². The Morgan fingerprint density at radius 2 is 1.40 bits per heavy atom. The zero-order chi connectivity index (χ0) is 34.7. The van der Waals surface area contributed by atoms with E-state index in [4.69, 9.17) is 14.2 Å². The molecule has 0 aromatic heterocycles. The Morgan fingerprint density at radius 1 is 0.809 bits per heavy atom. The largest absolute Gasteiger partial charge is 0.495 e. The molecule has 0 spiro atoms. The lowest BCUT2D eigenvalue weighted by atomic mass is 9.77. The Bertz CT molecular complexity index is 1740. The van der Waals surface area contributed by atoms with E-state index in [9.17, 15) is 31.1 Å². The standard InChI is InChI=1S/C35H37F6N2O4/c1-32(2)24-16-20(34(36,37)38)8-10-26(24)42(12-14-45-5)28(32)18-22-30(44)23(31(22)47-7)19-29-33(3,4)25-17-21(35(39,40)41)9-11-27(25)43(29)13-15-46-6/h8-11,16-19H,12-15H2,1-7H3/q+1. The predicted octanol–water partition coefficient (Wildman–Crippen LogP) is 7.48. The topological polar surface area (TPSA) is 51.0 Å². The first-order valence-corrected chi connectivity index (χ1v) is 15.0. The summed E-state index contributed by atoms with van der Waals surface area (Å²) in [5, 5.41) is 0. The van der Waals surface area contributed by atoms with E-state index in [2.05, 4.69) is 0 Å². The van der Waals surface area contributed by atoms with E-state index in [1.54, 1.807) is 39.8 Å². The summed E-state index contributed by atoms with van der Waals surface area (Å²) in [5.41, 5.74) is 0.423. The van der Waals surface area contributed by atoms with Crippen molar-refractivity contribution < 1.29 is 49.9 Å². The number of ketones is 1. The number of nitrogens with zero attached hydrogens (tertiary/aromatic N) is 2. The first-order chi connectivity index (χ1) is 21.9. The molecule has 6 nitrogen and oxygen atoms in total. The number of ether oxygens (including phenoxy) is 3. The van der Waals surface area contributed by atoms with Gasteiger partial charge in [-0.05, 0) is 55.8 Å². The van der Waals surface area contributed by atoms with Crippen molar-refractivity contribution in [3.8, 4) is 0 Å². The fourth-order valence-corrected chi connectivity index (χ4v) is 6.66. The lowest BCUT2D eigenvalue weighted by Crippen LogP contribution is -2.33. The van der Waals surface area contributed by atoms with Gasteiger partial charge in [0.1, 0.15) is 12.4 Å². The van der Waals surface area contributed by atoms with Crippen LogP contribution in [0.5, 0.6) is 0 Å². The molecule has 252 valence electrons. The minimum Gasteiger partial charge on any atom is -0.495 e. The number of carbonyl (C=O) groups is 1. The summed E-state index contributed by atoms with van der Waals surface area (Å²) in [4.78, 5) is 15.7.